The first-order valence-electron chi connectivity index (χ1n) is 7.06. The maximum Gasteiger partial charge on any atom is 0.238 e. The van der Waals surface area contributed by atoms with E-state index in [9.17, 15) is 8.42 Å². The quantitative estimate of drug-likeness (QED) is 0.539. The van der Waals surface area contributed by atoms with Crippen molar-refractivity contribution >= 4 is 27.3 Å². The number of hydrogen-bond donors (Lipinski definition) is 3. The number of aliphatic imine (C=N–C) groups is 1. The lowest BCUT2D eigenvalue weighted by molar-refractivity contribution is 0.598. The molecule has 23 heavy (non-hydrogen) atoms. The van der Waals surface area contributed by atoms with Crippen LogP contribution in [0.2, 0.25) is 0 Å². The molecule has 0 aliphatic rings. The van der Waals surface area contributed by atoms with Gasteiger partial charge in [-0.3, -0.25) is 4.99 Å². The number of benzene rings is 1. The largest absolute Gasteiger partial charge is 0.356 e. The van der Waals surface area contributed by atoms with E-state index in [1.54, 1.807) is 30.5 Å². The molecular formula is C15H20N4O2S2. The van der Waals surface area contributed by atoms with E-state index in [1.165, 1.54) is 17.7 Å². The van der Waals surface area contributed by atoms with Crippen LogP contribution >= 0.6 is 11.3 Å². The van der Waals surface area contributed by atoms with Crippen molar-refractivity contribution in [3.8, 4) is 0 Å². The van der Waals surface area contributed by atoms with Crippen molar-refractivity contribution in [3.63, 3.8) is 0 Å². The summed E-state index contributed by atoms with van der Waals surface area (Å²) in [7, 11) is -1.90. The Kier molecular flexibility index (Phi) is 6.14. The smallest absolute Gasteiger partial charge is 0.238 e. The summed E-state index contributed by atoms with van der Waals surface area (Å²) in [6, 6.07) is 8.65. The Labute approximate surface area is 140 Å². The van der Waals surface area contributed by atoms with E-state index in [-0.39, 0.29) is 4.90 Å². The molecule has 2 aromatic rings. The Morgan fingerprint density at radius 3 is 2.48 bits per heavy atom. The number of nitrogens with zero attached hydrogens (tertiary/aromatic N) is 1. The molecule has 0 spiro atoms. The lowest BCUT2D eigenvalue weighted by atomic mass is 10.1. The third kappa shape index (κ3) is 5.66. The Bertz CT molecular complexity index is 738. The molecule has 1 aromatic heterocycles. The molecule has 0 atom stereocenters. The molecule has 0 unspecified atom stereocenters. The Hall–Kier alpha value is -1.90. The number of nitrogens with one attached hydrogen (secondary N) is 2. The molecule has 2 rings (SSSR count). The first-order valence-corrected chi connectivity index (χ1v) is 9.55. The summed E-state index contributed by atoms with van der Waals surface area (Å²) in [6.07, 6.45) is 0.754. The van der Waals surface area contributed by atoms with Gasteiger partial charge < -0.3 is 10.6 Å². The van der Waals surface area contributed by atoms with Crippen LogP contribution in [0.25, 0.3) is 0 Å². The van der Waals surface area contributed by atoms with Crippen molar-refractivity contribution < 1.29 is 8.42 Å². The average molecular weight is 352 g/mol. The molecule has 0 saturated heterocycles. The second-order valence-corrected chi connectivity index (χ2v) is 7.26. The van der Waals surface area contributed by atoms with Crippen LogP contribution in [-0.4, -0.2) is 28.0 Å². The van der Waals surface area contributed by atoms with Gasteiger partial charge in [0.2, 0.25) is 10.0 Å². The summed E-state index contributed by atoms with van der Waals surface area (Å²) in [5.41, 5.74) is 2.25. The standard InChI is InChI=1S/C15H20N4O2S2/c1-17-15(19-10-13-7-9-22-11-13)18-8-6-12-2-4-14(5-3-12)23(16,20)21/h2-5,7,9,11H,6,8,10H2,1H3,(H2,16,20,21)(H2,17,18,19). The minimum Gasteiger partial charge on any atom is -0.356 e. The molecule has 4 N–H and O–H groups in total. The van der Waals surface area contributed by atoms with Crippen LogP contribution in [0, 0.1) is 0 Å². The summed E-state index contributed by atoms with van der Waals surface area (Å²) in [6.45, 7) is 1.42. The van der Waals surface area contributed by atoms with Crippen LogP contribution in [0.3, 0.4) is 0 Å². The minimum atomic E-state index is -3.63. The number of nitrogens with two attached hydrogens (primary N) is 1. The maximum absolute atomic E-state index is 11.2. The van der Waals surface area contributed by atoms with Crippen LogP contribution in [0.1, 0.15) is 11.1 Å². The topological polar surface area (TPSA) is 96.6 Å². The Morgan fingerprint density at radius 1 is 1.17 bits per heavy atom. The van der Waals surface area contributed by atoms with Gasteiger partial charge in [0.1, 0.15) is 0 Å². The van der Waals surface area contributed by atoms with Crippen molar-refractivity contribution in [1.82, 2.24) is 10.6 Å². The lowest BCUT2D eigenvalue weighted by Crippen LogP contribution is -2.37. The fraction of sp³-hybridized carbons (Fsp3) is 0.267. The summed E-state index contributed by atoms with van der Waals surface area (Å²) < 4.78 is 22.4. The van der Waals surface area contributed by atoms with Gasteiger partial charge in [-0.1, -0.05) is 12.1 Å². The normalized spacial score (nSPS) is 12.2. The zero-order valence-electron chi connectivity index (χ0n) is 12.8. The van der Waals surface area contributed by atoms with Gasteiger partial charge in [-0.25, -0.2) is 13.6 Å². The fourth-order valence-electron chi connectivity index (χ4n) is 1.97. The molecule has 8 heteroatoms. The van der Waals surface area contributed by atoms with Crippen LogP contribution in [0.4, 0.5) is 0 Å². The number of primary sulfonamides is 1. The van der Waals surface area contributed by atoms with Crippen LogP contribution in [-0.2, 0) is 23.0 Å². The molecule has 6 nitrogen and oxygen atoms in total. The maximum atomic E-state index is 11.2. The summed E-state index contributed by atoms with van der Waals surface area (Å²) in [5, 5.41) is 15.7. The Morgan fingerprint density at radius 2 is 1.91 bits per heavy atom. The van der Waals surface area contributed by atoms with E-state index in [0.29, 0.717) is 6.54 Å². The van der Waals surface area contributed by atoms with Gasteiger partial charge in [-0.15, -0.1) is 0 Å². The molecule has 0 radical (unpaired) electrons. The Balaban J connectivity index is 1.79. The van der Waals surface area contributed by atoms with Crippen molar-refractivity contribution in [1.29, 1.82) is 0 Å². The second kappa shape index (κ2) is 8.09. The van der Waals surface area contributed by atoms with Crippen LogP contribution < -0.4 is 15.8 Å². The zero-order valence-corrected chi connectivity index (χ0v) is 14.5. The lowest BCUT2D eigenvalue weighted by Gasteiger charge is -2.11. The monoisotopic (exact) mass is 352 g/mol. The predicted molar refractivity (Wildman–Crippen MR) is 94.0 cm³/mol. The van der Waals surface area contributed by atoms with Crippen molar-refractivity contribution in [2.24, 2.45) is 10.1 Å². The first-order chi connectivity index (χ1) is 11.0. The van der Waals surface area contributed by atoms with E-state index in [4.69, 9.17) is 5.14 Å². The van der Waals surface area contributed by atoms with Gasteiger partial charge in [-0.2, -0.15) is 11.3 Å². The number of hydrogen-bond acceptors (Lipinski definition) is 4. The van der Waals surface area contributed by atoms with Gasteiger partial charge >= 0.3 is 0 Å². The molecule has 0 saturated carbocycles. The minimum absolute atomic E-state index is 0.127. The molecular weight excluding hydrogens is 332 g/mol. The van der Waals surface area contributed by atoms with Gasteiger partial charge in [0.05, 0.1) is 4.90 Å². The first kappa shape index (κ1) is 17.5. The van der Waals surface area contributed by atoms with E-state index in [1.807, 2.05) is 5.38 Å². The van der Waals surface area contributed by atoms with Crippen LogP contribution in [0.15, 0.2) is 51.0 Å². The molecule has 0 aliphatic heterocycles. The van der Waals surface area contributed by atoms with Crippen molar-refractivity contribution in [2.45, 2.75) is 17.9 Å². The van der Waals surface area contributed by atoms with E-state index < -0.39 is 10.0 Å². The molecule has 1 aromatic carbocycles. The predicted octanol–water partition coefficient (Wildman–Crippen LogP) is 1.30. The number of rotatable bonds is 6. The van der Waals surface area contributed by atoms with Gasteiger partial charge in [-0.05, 0) is 46.5 Å². The average Bonchev–Trinajstić information content (AvgIpc) is 3.03. The number of sulfonamides is 1. The van der Waals surface area contributed by atoms with E-state index in [2.05, 4.69) is 27.1 Å². The van der Waals surface area contributed by atoms with Gasteiger partial charge in [0.25, 0.3) is 0 Å². The van der Waals surface area contributed by atoms with Crippen molar-refractivity contribution in [3.05, 3.63) is 52.2 Å². The van der Waals surface area contributed by atoms with Gasteiger partial charge in [0, 0.05) is 20.1 Å². The summed E-state index contributed by atoms with van der Waals surface area (Å²) in [4.78, 5) is 4.29. The van der Waals surface area contributed by atoms with E-state index in [0.717, 1.165) is 24.5 Å². The molecule has 124 valence electrons. The fourth-order valence-corrected chi connectivity index (χ4v) is 3.15. The highest BCUT2D eigenvalue weighted by molar-refractivity contribution is 7.89. The number of thiophene rings is 1. The highest BCUT2D eigenvalue weighted by atomic mass is 32.2. The highest BCUT2D eigenvalue weighted by Gasteiger charge is 2.06. The van der Waals surface area contributed by atoms with Crippen LogP contribution in [0.5, 0.6) is 0 Å². The van der Waals surface area contributed by atoms with E-state index >= 15 is 0 Å². The van der Waals surface area contributed by atoms with Crippen molar-refractivity contribution in [2.75, 3.05) is 13.6 Å². The molecule has 0 fully saturated rings. The highest BCUT2D eigenvalue weighted by Crippen LogP contribution is 2.09. The molecule has 0 aliphatic carbocycles. The van der Waals surface area contributed by atoms with Gasteiger partial charge in [0.15, 0.2) is 5.96 Å². The zero-order chi connectivity index (χ0) is 16.7. The SMILES string of the molecule is CN=C(NCCc1ccc(S(N)(=O)=O)cc1)NCc1ccsc1. The molecule has 1 heterocycles. The summed E-state index contributed by atoms with van der Waals surface area (Å²) >= 11 is 1.66. The molecule has 0 bridgehead atoms. The number of guanidine groups is 1. The molecule has 0 amide bonds. The summed E-state index contributed by atoms with van der Waals surface area (Å²) in [5.74, 6) is 0.734. The third-order valence-corrected chi connectivity index (χ3v) is 4.88. The second-order valence-electron chi connectivity index (χ2n) is 4.92. The third-order valence-electron chi connectivity index (χ3n) is 3.22.